The first kappa shape index (κ1) is 16.1. The van der Waals surface area contributed by atoms with Crippen molar-refractivity contribution in [1.29, 1.82) is 5.41 Å². The Morgan fingerprint density at radius 2 is 1.59 bits per heavy atom. The van der Waals surface area contributed by atoms with Crippen LogP contribution in [0.15, 0.2) is 36.4 Å². The van der Waals surface area contributed by atoms with Gasteiger partial charge in [0, 0.05) is 24.2 Å². The zero-order valence-electron chi connectivity index (χ0n) is 13.1. The second-order valence-electron chi connectivity index (χ2n) is 5.41. The van der Waals surface area contributed by atoms with E-state index in [2.05, 4.69) is 6.07 Å². The molecule has 4 heteroatoms. The minimum absolute atomic E-state index is 0.0599. The molecule has 2 aromatic rings. The minimum atomic E-state index is -0.610. The molecular formula is C18H20F2N2. The van der Waals surface area contributed by atoms with Gasteiger partial charge in [-0.15, -0.1) is 0 Å². The van der Waals surface area contributed by atoms with Crippen molar-refractivity contribution in [2.45, 2.75) is 27.2 Å². The van der Waals surface area contributed by atoms with Crippen molar-refractivity contribution in [3.8, 4) is 0 Å². The highest BCUT2D eigenvalue weighted by molar-refractivity contribution is 5.97. The second-order valence-corrected chi connectivity index (χ2v) is 5.41. The summed E-state index contributed by atoms with van der Waals surface area (Å²) in [4.78, 5) is 1.77. The summed E-state index contributed by atoms with van der Waals surface area (Å²) in [5.74, 6) is -1.04. The molecule has 2 rings (SSSR count). The van der Waals surface area contributed by atoms with Crippen LogP contribution in [-0.2, 0) is 6.42 Å². The topological polar surface area (TPSA) is 27.1 Å². The molecule has 116 valence electrons. The van der Waals surface area contributed by atoms with Gasteiger partial charge in [0.2, 0.25) is 0 Å². The number of hydrogen-bond donors (Lipinski definition) is 1. The van der Waals surface area contributed by atoms with Gasteiger partial charge in [0.1, 0.15) is 17.5 Å². The minimum Gasteiger partial charge on any atom is -0.330 e. The van der Waals surface area contributed by atoms with Crippen LogP contribution >= 0.6 is 0 Å². The van der Waals surface area contributed by atoms with E-state index in [0.29, 0.717) is 6.54 Å². The van der Waals surface area contributed by atoms with Gasteiger partial charge in [-0.05, 0) is 56.2 Å². The number of benzene rings is 2. The van der Waals surface area contributed by atoms with Crippen molar-refractivity contribution >= 4 is 11.5 Å². The predicted molar refractivity (Wildman–Crippen MR) is 86.7 cm³/mol. The fourth-order valence-corrected chi connectivity index (χ4v) is 2.60. The quantitative estimate of drug-likeness (QED) is 0.647. The zero-order chi connectivity index (χ0) is 16.3. The lowest BCUT2D eigenvalue weighted by atomic mass is 10.1. The lowest BCUT2D eigenvalue weighted by molar-refractivity contribution is 0.563. The largest absolute Gasteiger partial charge is 0.330 e. The third-order valence-electron chi connectivity index (χ3n) is 3.57. The van der Waals surface area contributed by atoms with Crippen LogP contribution in [0.1, 0.15) is 23.6 Å². The highest BCUT2D eigenvalue weighted by Gasteiger charge is 2.16. The summed E-state index contributed by atoms with van der Waals surface area (Å²) in [7, 11) is 0. The molecule has 0 fully saturated rings. The molecule has 0 aliphatic rings. The Bertz CT molecular complexity index is 655. The van der Waals surface area contributed by atoms with Gasteiger partial charge in [-0.3, -0.25) is 5.41 Å². The van der Waals surface area contributed by atoms with Crippen LogP contribution in [-0.4, -0.2) is 12.4 Å². The molecule has 0 aliphatic heterocycles. The predicted octanol–water partition coefficient (Wildman–Crippen LogP) is 4.63. The Hall–Kier alpha value is -2.23. The number of anilines is 1. The number of nitrogens with zero attached hydrogens (tertiary/aromatic N) is 1. The van der Waals surface area contributed by atoms with Gasteiger partial charge in [-0.2, -0.15) is 0 Å². The number of nitrogens with one attached hydrogen (secondary N) is 1. The van der Waals surface area contributed by atoms with Gasteiger partial charge >= 0.3 is 0 Å². The lowest BCUT2D eigenvalue weighted by Crippen LogP contribution is -2.32. The van der Waals surface area contributed by atoms with E-state index in [9.17, 15) is 8.78 Å². The van der Waals surface area contributed by atoms with Crippen LogP contribution in [0.2, 0.25) is 0 Å². The number of amidine groups is 1. The monoisotopic (exact) mass is 302 g/mol. The number of rotatable bonds is 4. The molecule has 0 amide bonds. The molecule has 0 spiro atoms. The smallest absolute Gasteiger partial charge is 0.129 e. The maximum Gasteiger partial charge on any atom is 0.129 e. The van der Waals surface area contributed by atoms with E-state index in [1.54, 1.807) is 4.90 Å². The molecule has 0 aliphatic carbocycles. The first-order valence-electron chi connectivity index (χ1n) is 7.28. The SMILES string of the molecule is CCN(C(=N)Cc1c(F)cccc1F)c1cc(C)cc(C)c1. The van der Waals surface area contributed by atoms with Gasteiger partial charge in [-0.1, -0.05) is 12.1 Å². The van der Waals surface area contributed by atoms with E-state index >= 15 is 0 Å². The Balaban J connectivity index is 2.29. The molecule has 0 atom stereocenters. The van der Waals surface area contributed by atoms with Gasteiger partial charge < -0.3 is 4.90 Å². The van der Waals surface area contributed by atoms with E-state index < -0.39 is 11.6 Å². The molecule has 0 bridgehead atoms. The number of hydrogen-bond acceptors (Lipinski definition) is 1. The zero-order valence-corrected chi connectivity index (χ0v) is 13.1. The summed E-state index contributed by atoms with van der Waals surface area (Å²) in [6, 6.07) is 9.78. The maximum absolute atomic E-state index is 13.8. The fourth-order valence-electron chi connectivity index (χ4n) is 2.60. The van der Waals surface area contributed by atoms with Gasteiger partial charge in [0.05, 0.1) is 0 Å². The second kappa shape index (κ2) is 6.69. The van der Waals surface area contributed by atoms with Crippen LogP contribution in [0.5, 0.6) is 0 Å². The summed E-state index contributed by atoms with van der Waals surface area (Å²) in [5.41, 5.74) is 3.01. The molecule has 22 heavy (non-hydrogen) atoms. The van der Waals surface area contributed by atoms with Gasteiger partial charge in [0.25, 0.3) is 0 Å². The van der Waals surface area contributed by atoms with Crippen LogP contribution in [0.4, 0.5) is 14.5 Å². The summed E-state index contributed by atoms with van der Waals surface area (Å²) in [5, 5.41) is 8.25. The van der Waals surface area contributed by atoms with Crippen molar-refractivity contribution in [3.05, 3.63) is 64.7 Å². The number of likely N-dealkylation sites (N-methyl/N-ethyl adjacent to an activating group) is 1. The Kier molecular flexibility index (Phi) is 4.91. The lowest BCUT2D eigenvalue weighted by Gasteiger charge is -2.25. The highest BCUT2D eigenvalue weighted by Crippen LogP contribution is 2.21. The van der Waals surface area contributed by atoms with E-state index in [4.69, 9.17) is 5.41 Å². The maximum atomic E-state index is 13.8. The molecule has 0 saturated heterocycles. The summed E-state index contributed by atoms with van der Waals surface area (Å²) >= 11 is 0. The van der Waals surface area contributed by atoms with Crippen LogP contribution in [0.25, 0.3) is 0 Å². The number of halogens is 2. The van der Waals surface area contributed by atoms with E-state index in [1.807, 2.05) is 32.9 Å². The average Bonchev–Trinajstić information content (AvgIpc) is 2.43. The van der Waals surface area contributed by atoms with E-state index in [0.717, 1.165) is 16.8 Å². The van der Waals surface area contributed by atoms with Gasteiger partial charge in [0.15, 0.2) is 0 Å². The number of aryl methyl sites for hydroxylation is 2. The molecule has 0 radical (unpaired) electrons. The van der Waals surface area contributed by atoms with Crippen molar-refractivity contribution < 1.29 is 8.78 Å². The van der Waals surface area contributed by atoms with Gasteiger partial charge in [-0.25, -0.2) is 8.78 Å². The van der Waals surface area contributed by atoms with Crippen molar-refractivity contribution in [2.75, 3.05) is 11.4 Å². The van der Waals surface area contributed by atoms with Crippen molar-refractivity contribution in [1.82, 2.24) is 0 Å². The summed E-state index contributed by atoms with van der Waals surface area (Å²) < 4.78 is 27.5. The molecule has 0 aromatic heterocycles. The third kappa shape index (κ3) is 3.50. The highest BCUT2D eigenvalue weighted by atomic mass is 19.1. The standard InChI is InChI=1S/C18H20F2N2/c1-4-22(14-9-12(2)8-13(3)10-14)18(21)11-15-16(19)6-5-7-17(15)20/h5-10,21H,4,11H2,1-3H3. The molecule has 0 saturated carbocycles. The normalized spacial score (nSPS) is 10.6. The Morgan fingerprint density at radius 1 is 1.05 bits per heavy atom. The molecular weight excluding hydrogens is 282 g/mol. The fraction of sp³-hybridized carbons (Fsp3) is 0.278. The summed E-state index contributed by atoms with van der Waals surface area (Å²) in [6.45, 7) is 6.47. The first-order valence-corrected chi connectivity index (χ1v) is 7.28. The molecule has 2 aromatic carbocycles. The van der Waals surface area contributed by atoms with Crippen LogP contribution < -0.4 is 4.90 Å². The molecule has 2 nitrogen and oxygen atoms in total. The Labute approximate surface area is 129 Å². The molecule has 1 N–H and O–H groups in total. The average molecular weight is 302 g/mol. The van der Waals surface area contributed by atoms with E-state index in [1.165, 1.54) is 18.2 Å². The molecule has 0 heterocycles. The van der Waals surface area contributed by atoms with E-state index in [-0.39, 0.29) is 17.8 Å². The molecule has 0 unspecified atom stereocenters. The van der Waals surface area contributed by atoms with Crippen molar-refractivity contribution in [2.24, 2.45) is 0 Å². The van der Waals surface area contributed by atoms with Crippen LogP contribution in [0, 0.1) is 30.9 Å². The van der Waals surface area contributed by atoms with Crippen LogP contribution in [0.3, 0.4) is 0 Å². The van der Waals surface area contributed by atoms with Crippen molar-refractivity contribution in [3.63, 3.8) is 0 Å². The third-order valence-corrected chi connectivity index (χ3v) is 3.57. The first-order chi connectivity index (χ1) is 10.4. The Morgan fingerprint density at radius 3 is 2.09 bits per heavy atom. The summed E-state index contributed by atoms with van der Waals surface area (Å²) in [6.07, 6.45) is -0.0701.